The van der Waals surface area contributed by atoms with Gasteiger partial charge in [-0.15, -0.1) is 5.75 Å². The summed E-state index contributed by atoms with van der Waals surface area (Å²) in [7, 11) is 0. The van der Waals surface area contributed by atoms with E-state index in [-0.39, 0.29) is 57.1 Å². The summed E-state index contributed by atoms with van der Waals surface area (Å²) in [5.41, 5.74) is 0. The first-order valence-corrected chi connectivity index (χ1v) is 2.03. The molecule has 0 fully saturated rings. The van der Waals surface area contributed by atoms with Gasteiger partial charge in [0.25, 0.3) is 0 Å². The van der Waals surface area contributed by atoms with Crippen LogP contribution < -0.4 is 56.5 Å². The van der Waals surface area contributed by atoms with Gasteiger partial charge in [-0.25, -0.2) is 0 Å². The topological polar surface area (TPSA) is 23.1 Å². The zero-order chi connectivity index (χ0) is 5.11. The van der Waals surface area contributed by atoms with Crippen LogP contribution in [0.3, 0.4) is 0 Å². The van der Waals surface area contributed by atoms with Gasteiger partial charge >= 0.3 is 51.4 Å². The molecule has 1 radical (unpaired) electrons. The average molecular weight is 131 g/mol. The average Bonchev–Trinajstić information content (AvgIpc) is 1.69. The van der Waals surface area contributed by atoms with Crippen molar-refractivity contribution in [2.24, 2.45) is 0 Å². The Morgan fingerprint density at radius 1 is 1.25 bits per heavy atom. The van der Waals surface area contributed by atoms with E-state index < -0.39 is 0 Å². The van der Waals surface area contributed by atoms with Crippen molar-refractivity contribution in [1.82, 2.24) is 0 Å². The molecular weight excluding hydrogens is 127 g/mol. The third kappa shape index (κ3) is 2.84. The van der Waals surface area contributed by atoms with Gasteiger partial charge in [0.05, 0.1) is 0 Å². The van der Waals surface area contributed by atoms with Crippen LogP contribution in [-0.2, 0) is 0 Å². The molecule has 1 aromatic carbocycles. The van der Waals surface area contributed by atoms with E-state index in [1.165, 1.54) is 12.1 Å². The number of rotatable bonds is 0. The Morgan fingerprint density at radius 3 is 2.00 bits per heavy atom. The van der Waals surface area contributed by atoms with Crippen LogP contribution >= 0.6 is 0 Å². The molecule has 1 rings (SSSR count). The molecule has 0 spiro atoms. The minimum absolute atomic E-state index is 0. The second-order valence-electron chi connectivity index (χ2n) is 1.24. The molecule has 35 valence electrons. The molecule has 2 heteroatoms. The van der Waals surface area contributed by atoms with Gasteiger partial charge in [-0.1, -0.05) is 24.3 Å². The van der Waals surface area contributed by atoms with E-state index in [0.29, 0.717) is 0 Å². The van der Waals surface area contributed by atoms with Crippen molar-refractivity contribution in [3.05, 3.63) is 30.3 Å². The van der Waals surface area contributed by atoms with Crippen molar-refractivity contribution in [3.63, 3.8) is 0 Å². The van der Waals surface area contributed by atoms with Crippen LogP contribution in [0.25, 0.3) is 0 Å². The minimum Gasteiger partial charge on any atom is -0.872 e. The second-order valence-corrected chi connectivity index (χ2v) is 1.24. The fraction of sp³-hybridized carbons (Fsp3) is 0. The summed E-state index contributed by atoms with van der Waals surface area (Å²) in [5.74, 6) is 0.0405. The molecule has 0 N–H and O–H groups in total. The summed E-state index contributed by atoms with van der Waals surface area (Å²) in [5, 5.41) is 10.2. The Balaban J connectivity index is 0.000000490. The summed E-state index contributed by atoms with van der Waals surface area (Å²) >= 11 is 0. The maximum atomic E-state index is 10.2. The van der Waals surface area contributed by atoms with Crippen LogP contribution in [0.2, 0.25) is 0 Å². The summed E-state index contributed by atoms with van der Waals surface area (Å²) in [6.07, 6.45) is 0. The third-order valence-corrected chi connectivity index (χ3v) is 0.688. The van der Waals surface area contributed by atoms with Crippen molar-refractivity contribution >= 4 is 0 Å². The molecule has 1 nitrogen and oxygen atoms in total. The minimum atomic E-state index is 0. The molecule has 8 heavy (non-hydrogen) atoms. The van der Waals surface area contributed by atoms with Crippen molar-refractivity contribution in [3.8, 4) is 5.75 Å². The van der Waals surface area contributed by atoms with E-state index in [1.807, 2.05) is 0 Å². The molecule has 0 heterocycles. The van der Waals surface area contributed by atoms with Crippen molar-refractivity contribution in [1.29, 1.82) is 0 Å². The largest absolute Gasteiger partial charge is 1.00 e. The van der Waals surface area contributed by atoms with Crippen molar-refractivity contribution in [2.75, 3.05) is 0 Å². The number of hydrogen-bond acceptors (Lipinski definition) is 1. The Labute approximate surface area is 91.1 Å². The summed E-state index contributed by atoms with van der Waals surface area (Å²) in [6, 6.07) is 8.88. The van der Waals surface area contributed by atoms with Crippen LogP contribution in [0.15, 0.2) is 24.3 Å². The van der Waals surface area contributed by atoms with Crippen molar-refractivity contribution in [2.45, 2.75) is 0 Å². The monoisotopic (exact) mass is 131 g/mol. The van der Waals surface area contributed by atoms with Gasteiger partial charge in [0.2, 0.25) is 0 Å². The molecule has 0 saturated heterocycles. The molecule has 1 aromatic rings. The van der Waals surface area contributed by atoms with Gasteiger partial charge in [-0.05, 0) is 6.07 Å². The maximum absolute atomic E-state index is 10.2. The Bertz CT molecular complexity index is 138. The summed E-state index contributed by atoms with van der Waals surface area (Å²) < 4.78 is 0. The zero-order valence-electron chi connectivity index (χ0n) is 4.72. The van der Waals surface area contributed by atoms with E-state index in [1.54, 1.807) is 12.1 Å². The Morgan fingerprint density at radius 2 is 1.75 bits per heavy atom. The zero-order valence-corrected chi connectivity index (χ0v) is 7.84. The maximum Gasteiger partial charge on any atom is 1.00 e. The SMILES string of the molecule is [K+].[O-]c1cc[c]cc1. The second kappa shape index (κ2) is 4.53. The first-order valence-electron chi connectivity index (χ1n) is 2.03. The molecular formula is C6H4KO. The Hall–Kier alpha value is 0.656. The van der Waals surface area contributed by atoms with E-state index in [9.17, 15) is 5.11 Å². The quantitative estimate of drug-likeness (QED) is 0.359. The van der Waals surface area contributed by atoms with Gasteiger partial charge in [-0.2, -0.15) is 0 Å². The van der Waals surface area contributed by atoms with Crippen LogP contribution in [0.4, 0.5) is 0 Å². The number of benzene rings is 1. The van der Waals surface area contributed by atoms with Gasteiger partial charge in [-0.3, -0.25) is 0 Å². The number of hydrogen-bond donors (Lipinski definition) is 0. The smallest absolute Gasteiger partial charge is 0.872 e. The molecule has 0 aliphatic heterocycles. The summed E-state index contributed by atoms with van der Waals surface area (Å²) in [4.78, 5) is 0. The van der Waals surface area contributed by atoms with Gasteiger partial charge in [0.1, 0.15) is 0 Å². The third-order valence-electron chi connectivity index (χ3n) is 0.688. The van der Waals surface area contributed by atoms with Crippen molar-refractivity contribution < 1.29 is 56.5 Å². The first kappa shape index (κ1) is 8.66. The molecule has 0 bridgehead atoms. The van der Waals surface area contributed by atoms with Crippen LogP contribution in [0.1, 0.15) is 0 Å². The fourth-order valence-corrected chi connectivity index (χ4v) is 0.372. The van der Waals surface area contributed by atoms with Gasteiger partial charge in [0.15, 0.2) is 0 Å². The molecule has 0 atom stereocenters. The standard InChI is InChI=1S/C6H5O.K/c7-6-4-2-1-3-5-6;/h2-5,7H;/q;+1/p-1. The van der Waals surface area contributed by atoms with E-state index in [0.717, 1.165) is 0 Å². The molecule has 0 aliphatic carbocycles. The van der Waals surface area contributed by atoms with Crippen LogP contribution in [-0.4, -0.2) is 0 Å². The van der Waals surface area contributed by atoms with E-state index in [4.69, 9.17) is 0 Å². The van der Waals surface area contributed by atoms with Crippen LogP contribution in [0.5, 0.6) is 5.75 Å². The van der Waals surface area contributed by atoms with Gasteiger partial charge in [0, 0.05) is 0 Å². The summed E-state index contributed by atoms with van der Waals surface area (Å²) in [6.45, 7) is 0. The molecule has 0 amide bonds. The normalized spacial score (nSPS) is 7.50. The first-order chi connectivity index (χ1) is 3.39. The predicted octanol–water partition coefficient (Wildman–Crippen LogP) is -2.44. The fourth-order valence-electron chi connectivity index (χ4n) is 0.372. The predicted molar refractivity (Wildman–Crippen MR) is 24.7 cm³/mol. The molecule has 0 aromatic heterocycles. The molecule has 0 saturated carbocycles. The Kier molecular flexibility index (Phi) is 4.90. The van der Waals surface area contributed by atoms with Gasteiger partial charge < -0.3 is 5.11 Å². The van der Waals surface area contributed by atoms with Crippen LogP contribution in [0, 0.1) is 6.07 Å². The van der Waals surface area contributed by atoms with E-state index >= 15 is 0 Å². The van der Waals surface area contributed by atoms with E-state index in [2.05, 4.69) is 6.07 Å². The molecule has 0 unspecified atom stereocenters. The molecule has 0 aliphatic rings.